The molecule has 0 heterocycles. The van der Waals surface area contributed by atoms with Crippen LogP contribution >= 0.6 is 0 Å². The highest BCUT2D eigenvalue weighted by Crippen LogP contribution is 2.29. The Kier molecular flexibility index (Phi) is 7.18. The lowest BCUT2D eigenvalue weighted by molar-refractivity contribution is -0.157. The number of carbonyl (C=O) groups is 3. The third-order valence-electron chi connectivity index (χ3n) is 5.10. The molecule has 1 aliphatic rings. The van der Waals surface area contributed by atoms with Crippen LogP contribution in [0.2, 0.25) is 0 Å². The molecule has 142 valence electrons. The monoisotopic (exact) mass is 361 g/mol. The van der Waals surface area contributed by atoms with Gasteiger partial charge in [-0.2, -0.15) is 0 Å². The van der Waals surface area contributed by atoms with Crippen LogP contribution in [0.15, 0.2) is 24.3 Å². The minimum Gasteiger partial charge on any atom is -0.481 e. The molecule has 6 heteroatoms. The standard InChI is InChI=1S/C20H27NO5/c1-13-7-6-9-17(14(13)2)21-20(24)15(3)26-19(23)12-25-18-10-5-4-8-16(18)11-22/h4-5,8,10-11,13-15,17H,6-7,9,12H2,1-3H3,(H,21,24)/t13-,14-,15-,17+/m1/s1. The summed E-state index contributed by atoms with van der Waals surface area (Å²) in [5, 5.41) is 2.99. The van der Waals surface area contributed by atoms with Gasteiger partial charge in [0.15, 0.2) is 19.0 Å². The maximum Gasteiger partial charge on any atom is 0.344 e. The number of para-hydroxylation sites is 1. The predicted octanol–water partition coefficient (Wildman–Crippen LogP) is 2.75. The SMILES string of the molecule is C[C@@H]1[C@H](C)CCC[C@@H]1NC(=O)[C@@H](C)OC(=O)COc1ccccc1C=O. The highest BCUT2D eigenvalue weighted by molar-refractivity contribution is 5.84. The Labute approximate surface area is 154 Å². The number of benzene rings is 1. The van der Waals surface area contributed by atoms with Gasteiger partial charge in [-0.25, -0.2) is 4.79 Å². The van der Waals surface area contributed by atoms with Crippen molar-refractivity contribution in [3.8, 4) is 5.75 Å². The van der Waals surface area contributed by atoms with Crippen LogP contribution < -0.4 is 10.1 Å². The van der Waals surface area contributed by atoms with Gasteiger partial charge in [0.05, 0.1) is 5.56 Å². The Bertz CT molecular complexity index is 645. The van der Waals surface area contributed by atoms with E-state index >= 15 is 0 Å². The first-order valence-corrected chi connectivity index (χ1v) is 9.09. The number of rotatable bonds is 7. The lowest BCUT2D eigenvalue weighted by Gasteiger charge is -2.35. The Morgan fingerprint density at radius 3 is 2.73 bits per heavy atom. The molecule has 0 spiro atoms. The zero-order chi connectivity index (χ0) is 19.1. The first-order valence-electron chi connectivity index (χ1n) is 9.09. The van der Waals surface area contributed by atoms with E-state index in [2.05, 4.69) is 19.2 Å². The van der Waals surface area contributed by atoms with Crippen LogP contribution in [0.25, 0.3) is 0 Å². The van der Waals surface area contributed by atoms with Crippen molar-refractivity contribution in [1.82, 2.24) is 5.32 Å². The number of ether oxygens (including phenoxy) is 2. The van der Waals surface area contributed by atoms with E-state index in [1.54, 1.807) is 31.2 Å². The molecule has 26 heavy (non-hydrogen) atoms. The summed E-state index contributed by atoms with van der Waals surface area (Å²) in [4.78, 5) is 35.2. The van der Waals surface area contributed by atoms with Crippen molar-refractivity contribution in [2.45, 2.75) is 52.2 Å². The van der Waals surface area contributed by atoms with Gasteiger partial charge in [0, 0.05) is 6.04 Å². The van der Waals surface area contributed by atoms with E-state index in [1.165, 1.54) is 6.42 Å². The van der Waals surface area contributed by atoms with Crippen molar-refractivity contribution < 1.29 is 23.9 Å². The van der Waals surface area contributed by atoms with E-state index < -0.39 is 12.1 Å². The minimum atomic E-state index is -0.892. The lowest BCUT2D eigenvalue weighted by atomic mass is 9.78. The van der Waals surface area contributed by atoms with E-state index in [0.717, 1.165) is 12.8 Å². The average Bonchev–Trinajstić information content (AvgIpc) is 2.63. The zero-order valence-corrected chi connectivity index (χ0v) is 15.6. The van der Waals surface area contributed by atoms with Crippen LogP contribution in [0.1, 0.15) is 50.4 Å². The smallest absolute Gasteiger partial charge is 0.344 e. The van der Waals surface area contributed by atoms with Gasteiger partial charge in [0.1, 0.15) is 5.75 Å². The first-order chi connectivity index (χ1) is 12.4. The topological polar surface area (TPSA) is 81.7 Å². The van der Waals surface area contributed by atoms with Crippen LogP contribution in [0.5, 0.6) is 5.75 Å². The molecule has 1 aromatic carbocycles. The van der Waals surface area contributed by atoms with Crippen molar-refractivity contribution in [3.63, 3.8) is 0 Å². The quantitative estimate of drug-likeness (QED) is 0.596. The van der Waals surface area contributed by atoms with Gasteiger partial charge in [-0.05, 0) is 37.3 Å². The van der Waals surface area contributed by atoms with E-state index in [9.17, 15) is 14.4 Å². The van der Waals surface area contributed by atoms with Crippen molar-refractivity contribution in [3.05, 3.63) is 29.8 Å². The number of aldehydes is 1. The number of amides is 1. The summed E-state index contributed by atoms with van der Waals surface area (Å²) in [6.45, 7) is 5.52. The maximum atomic E-state index is 12.3. The molecule has 1 fully saturated rings. The third kappa shape index (κ3) is 5.31. The molecule has 2 rings (SSSR count). The van der Waals surface area contributed by atoms with E-state index in [-0.39, 0.29) is 18.6 Å². The van der Waals surface area contributed by atoms with Gasteiger partial charge >= 0.3 is 5.97 Å². The minimum absolute atomic E-state index is 0.114. The molecule has 1 saturated carbocycles. The summed E-state index contributed by atoms with van der Waals surface area (Å²) in [5.74, 6) is 0.328. The molecular formula is C20H27NO5. The molecule has 1 N–H and O–H groups in total. The average molecular weight is 361 g/mol. The van der Waals surface area contributed by atoms with E-state index in [4.69, 9.17) is 9.47 Å². The fourth-order valence-electron chi connectivity index (χ4n) is 3.22. The van der Waals surface area contributed by atoms with Crippen LogP contribution in [-0.4, -0.2) is 36.9 Å². The maximum absolute atomic E-state index is 12.3. The summed E-state index contributed by atoms with van der Waals surface area (Å²) in [5.41, 5.74) is 0.353. The molecule has 4 atom stereocenters. The zero-order valence-electron chi connectivity index (χ0n) is 15.6. The molecule has 1 amide bonds. The Morgan fingerprint density at radius 2 is 2.00 bits per heavy atom. The molecule has 0 aliphatic heterocycles. The van der Waals surface area contributed by atoms with Crippen molar-refractivity contribution in [2.24, 2.45) is 11.8 Å². The number of hydrogen-bond acceptors (Lipinski definition) is 5. The van der Waals surface area contributed by atoms with Gasteiger partial charge < -0.3 is 14.8 Å². The summed E-state index contributed by atoms with van der Waals surface area (Å²) in [7, 11) is 0. The fraction of sp³-hybridized carbons (Fsp3) is 0.550. The highest BCUT2D eigenvalue weighted by Gasteiger charge is 2.30. The fourth-order valence-corrected chi connectivity index (χ4v) is 3.22. The molecule has 0 saturated heterocycles. The second kappa shape index (κ2) is 9.36. The molecule has 0 bridgehead atoms. The molecule has 1 aromatic rings. The summed E-state index contributed by atoms with van der Waals surface area (Å²) >= 11 is 0. The number of hydrogen-bond donors (Lipinski definition) is 1. The van der Waals surface area contributed by atoms with Crippen molar-refractivity contribution >= 4 is 18.2 Å². The second-order valence-electron chi connectivity index (χ2n) is 6.96. The highest BCUT2D eigenvalue weighted by atomic mass is 16.6. The van der Waals surface area contributed by atoms with E-state index in [1.807, 2.05) is 0 Å². The molecule has 0 aromatic heterocycles. The Balaban J connectivity index is 1.80. The molecule has 0 unspecified atom stereocenters. The number of carbonyl (C=O) groups excluding carboxylic acids is 3. The number of esters is 1. The summed E-state index contributed by atoms with van der Waals surface area (Å²) in [6.07, 6.45) is 2.98. The van der Waals surface area contributed by atoms with Crippen LogP contribution in [0, 0.1) is 11.8 Å². The van der Waals surface area contributed by atoms with Gasteiger partial charge in [0.25, 0.3) is 5.91 Å². The third-order valence-corrected chi connectivity index (χ3v) is 5.10. The lowest BCUT2D eigenvalue weighted by Crippen LogP contribution is -2.47. The van der Waals surface area contributed by atoms with Crippen LogP contribution in [-0.2, 0) is 14.3 Å². The second-order valence-corrected chi connectivity index (χ2v) is 6.96. The first kappa shape index (κ1) is 19.9. The van der Waals surface area contributed by atoms with Crippen molar-refractivity contribution in [1.29, 1.82) is 0 Å². The molecule has 6 nitrogen and oxygen atoms in total. The summed E-state index contributed by atoms with van der Waals surface area (Å²) in [6, 6.07) is 6.71. The Morgan fingerprint density at radius 1 is 1.27 bits per heavy atom. The normalized spacial score (nSPS) is 23.6. The summed E-state index contributed by atoms with van der Waals surface area (Å²) < 4.78 is 10.5. The largest absolute Gasteiger partial charge is 0.481 e. The van der Waals surface area contributed by atoms with Crippen LogP contribution in [0.4, 0.5) is 0 Å². The van der Waals surface area contributed by atoms with Crippen LogP contribution in [0.3, 0.4) is 0 Å². The number of nitrogens with one attached hydrogen (secondary N) is 1. The molecule has 1 aliphatic carbocycles. The van der Waals surface area contributed by atoms with Gasteiger partial charge in [-0.15, -0.1) is 0 Å². The van der Waals surface area contributed by atoms with Gasteiger partial charge in [-0.1, -0.05) is 38.8 Å². The predicted molar refractivity (Wildman–Crippen MR) is 97.0 cm³/mol. The van der Waals surface area contributed by atoms with Gasteiger partial charge in [0.2, 0.25) is 0 Å². The Hall–Kier alpha value is -2.37. The van der Waals surface area contributed by atoms with Crippen molar-refractivity contribution in [2.75, 3.05) is 6.61 Å². The van der Waals surface area contributed by atoms with Gasteiger partial charge in [-0.3, -0.25) is 9.59 Å². The molecule has 0 radical (unpaired) electrons. The molecular weight excluding hydrogens is 334 g/mol. The van der Waals surface area contributed by atoms with E-state index in [0.29, 0.717) is 29.4 Å².